The summed E-state index contributed by atoms with van der Waals surface area (Å²) in [6.45, 7) is 0. The average Bonchev–Trinajstić information content (AvgIpc) is 2.80. The molecule has 0 atom stereocenters. The van der Waals surface area contributed by atoms with Crippen LogP contribution < -0.4 is 0 Å². The molecule has 0 fully saturated rings. The topological polar surface area (TPSA) is 60.4 Å². The molecule has 0 aromatic heterocycles. The molecule has 4 heteroatoms. The Hall–Kier alpha value is -3.19. The van der Waals surface area contributed by atoms with Crippen LogP contribution >= 0.6 is 0 Å². The molecular formula is C17H8O4. The summed E-state index contributed by atoms with van der Waals surface area (Å²) in [5, 5.41) is 0. The summed E-state index contributed by atoms with van der Waals surface area (Å²) >= 11 is 0. The molecule has 2 aromatic rings. The Morgan fingerprint density at radius 3 is 2.38 bits per heavy atom. The number of carbonyl (C=O) groups excluding carboxylic acids is 3. The molecule has 0 saturated carbocycles. The van der Waals surface area contributed by atoms with Crippen molar-refractivity contribution in [3.8, 4) is 11.8 Å². The molecule has 0 bridgehead atoms. The maximum Gasteiger partial charge on any atom is 0.346 e. The molecular weight excluding hydrogens is 268 g/mol. The van der Waals surface area contributed by atoms with Crippen molar-refractivity contribution in [3.63, 3.8) is 0 Å². The van der Waals surface area contributed by atoms with Gasteiger partial charge in [0.25, 0.3) is 0 Å². The van der Waals surface area contributed by atoms with Crippen molar-refractivity contribution in [2.24, 2.45) is 0 Å². The van der Waals surface area contributed by atoms with Gasteiger partial charge in [-0.3, -0.25) is 4.79 Å². The second-order valence-electron chi connectivity index (χ2n) is 4.38. The van der Waals surface area contributed by atoms with Crippen molar-refractivity contribution >= 4 is 17.7 Å². The van der Waals surface area contributed by atoms with Crippen molar-refractivity contribution in [2.45, 2.75) is 0 Å². The molecule has 3 rings (SSSR count). The minimum absolute atomic E-state index is 0.104. The first-order chi connectivity index (χ1) is 10.1. The Kier molecular flexibility index (Phi) is 3.09. The van der Waals surface area contributed by atoms with Gasteiger partial charge in [0.15, 0.2) is 0 Å². The van der Waals surface area contributed by atoms with E-state index in [4.69, 9.17) is 0 Å². The highest BCUT2D eigenvalue weighted by Gasteiger charge is 2.30. The third-order valence-corrected chi connectivity index (χ3v) is 3.00. The number of hydrogen-bond donors (Lipinski definition) is 0. The van der Waals surface area contributed by atoms with E-state index in [-0.39, 0.29) is 16.7 Å². The van der Waals surface area contributed by atoms with Crippen molar-refractivity contribution in [3.05, 3.63) is 70.8 Å². The molecule has 100 valence electrons. The van der Waals surface area contributed by atoms with Crippen LogP contribution in [-0.4, -0.2) is 17.7 Å². The number of hydrogen-bond acceptors (Lipinski definition) is 4. The number of Topliss-reactive ketones (excluding diaryl/α,β-unsaturated/α-hetero) is 1. The van der Waals surface area contributed by atoms with E-state index in [9.17, 15) is 14.4 Å². The van der Waals surface area contributed by atoms with Crippen LogP contribution in [0.3, 0.4) is 0 Å². The molecule has 0 unspecified atom stereocenters. The lowest BCUT2D eigenvalue weighted by molar-refractivity contribution is 0.0443. The monoisotopic (exact) mass is 276 g/mol. The fourth-order valence-electron chi connectivity index (χ4n) is 1.95. The second kappa shape index (κ2) is 5.06. The first-order valence-corrected chi connectivity index (χ1v) is 6.17. The molecule has 2 aromatic carbocycles. The Labute approximate surface area is 120 Å². The largest absolute Gasteiger partial charge is 0.386 e. The van der Waals surface area contributed by atoms with E-state index in [0.717, 1.165) is 5.56 Å². The summed E-state index contributed by atoms with van der Waals surface area (Å²) in [5.41, 5.74) is 1.25. The predicted molar refractivity (Wildman–Crippen MR) is 73.8 cm³/mol. The van der Waals surface area contributed by atoms with E-state index >= 15 is 0 Å². The fourth-order valence-corrected chi connectivity index (χ4v) is 1.95. The number of rotatable bonds is 1. The zero-order valence-corrected chi connectivity index (χ0v) is 10.8. The van der Waals surface area contributed by atoms with Gasteiger partial charge in [-0.05, 0) is 36.3 Å². The summed E-state index contributed by atoms with van der Waals surface area (Å²) in [6.07, 6.45) is 0. The summed E-state index contributed by atoms with van der Waals surface area (Å²) < 4.78 is 4.47. The van der Waals surface area contributed by atoms with Crippen LogP contribution in [0.2, 0.25) is 0 Å². The molecule has 0 radical (unpaired) electrons. The molecule has 1 aliphatic heterocycles. The van der Waals surface area contributed by atoms with E-state index in [1.165, 1.54) is 18.2 Å². The summed E-state index contributed by atoms with van der Waals surface area (Å²) in [4.78, 5) is 34.7. The Bertz CT molecular complexity index is 823. The van der Waals surface area contributed by atoms with Gasteiger partial charge >= 0.3 is 11.9 Å². The van der Waals surface area contributed by atoms with Gasteiger partial charge in [0, 0.05) is 11.1 Å². The van der Waals surface area contributed by atoms with Crippen LogP contribution in [0.5, 0.6) is 0 Å². The average molecular weight is 276 g/mol. The van der Waals surface area contributed by atoms with E-state index in [1.54, 1.807) is 12.1 Å². The van der Waals surface area contributed by atoms with Gasteiger partial charge in [-0.2, -0.15) is 0 Å². The van der Waals surface area contributed by atoms with Crippen molar-refractivity contribution in [2.75, 3.05) is 0 Å². The van der Waals surface area contributed by atoms with Crippen LogP contribution in [-0.2, 0) is 4.74 Å². The number of ether oxygens (including phenoxy) is 1. The van der Waals surface area contributed by atoms with Crippen LogP contribution in [0.15, 0.2) is 48.5 Å². The lowest BCUT2D eigenvalue weighted by Gasteiger charge is -1.96. The zero-order valence-electron chi connectivity index (χ0n) is 10.8. The molecule has 0 N–H and O–H groups in total. The number of benzene rings is 2. The minimum atomic E-state index is -0.735. The highest BCUT2D eigenvalue weighted by molar-refractivity contribution is 6.17. The van der Waals surface area contributed by atoms with Gasteiger partial charge in [-0.25, -0.2) is 9.59 Å². The first-order valence-electron chi connectivity index (χ1n) is 6.17. The number of ketones is 1. The van der Waals surface area contributed by atoms with Gasteiger partial charge in [0.2, 0.25) is 5.78 Å². The predicted octanol–water partition coefficient (Wildman–Crippen LogP) is 2.23. The first kappa shape index (κ1) is 12.8. The van der Waals surface area contributed by atoms with Gasteiger partial charge in [0.05, 0.1) is 11.1 Å². The minimum Gasteiger partial charge on any atom is -0.386 e. The second-order valence-corrected chi connectivity index (χ2v) is 4.38. The fraction of sp³-hybridized carbons (Fsp3) is 0. The molecule has 0 spiro atoms. The van der Waals surface area contributed by atoms with Crippen molar-refractivity contribution < 1.29 is 19.1 Å². The Morgan fingerprint density at radius 1 is 0.905 bits per heavy atom. The van der Waals surface area contributed by atoms with Gasteiger partial charge < -0.3 is 4.74 Å². The third kappa shape index (κ3) is 2.45. The SMILES string of the molecule is O=C(C#Cc1ccccc1)c1ccc2c(c1)C(=O)OC2=O. The van der Waals surface area contributed by atoms with E-state index in [1.807, 2.05) is 18.2 Å². The van der Waals surface area contributed by atoms with Gasteiger partial charge in [-0.1, -0.05) is 24.1 Å². The van der Waals surface area contributed by atoms with Crippen molar-refractivity contribution in [1.29, 1.82) is 0 Å². The van der Waals surface area contributed by atoms with Gasteiger partial charge in [-0.15, -0.1) is 0 Å². The molecule has 0 saturated heterocycles. The number of carbonyl (C=O) groups is 3. The normalized spacial score (nSPS) is 12.2. The Balaban J connectivity index is 1.91. The van der Waals surface area contributed by atoms with Crippen LogP contribution in [0.4, 0.5) is 0 Å². The zero-order chi connectivity index (χ0) is 14.8. The lowest BCUT2D eigenvalue weighted by Crippen LogP contribution is -1.99. The summed E-state index contributed by atoms with van der Waals surface area (Å²) in [7, 11) is 0. The Morgan fingerprint density at radius 2 is 1.62 bits per heavy atom. The maximum absolute atomic E-state index is 12.0. The molecule has 0 amide bonds. The highest BCUT2D eigenvalue weighted by Crippen LogP contribution is 2.21. The third-order valence-electron chi connectivity index (χ3n) is 3.00. The van der Waals surface area contributed by atoms with Gasteiger partial charge in [0.1, 0.15) is 0 Å². The van der Waals surface area contributed by atoms with E-state index < -0.39 is 17.7 Å². The number of cyclic esters (lactones) is 2. The summed E-state index contributed by atoms with van der Waals surface area (Å²) in [6, 6.07) is 13.3. The molecule has 1 aliphatic rings. The van der Waals surface area contributed by atoms with Crippen LogP contribution in [0.25, 0.3) is 0 Å². The standard InChI is InChI=1S/C17H8O4/c18-15(9-6-11-4-2-1-3-5-11)12-7-8-13-14(10-12)17(20)21-16(13)19/h1-5,7-8,10H. The lowest BCUT2D eigenvalue weighted by atomic mass is 10.0. The number of esters is 2. The molecule has 0 aliphatic carbocycles. The quantitative estimate of drug-likeness (QED) is 0.347. The maximum atomic E-state index is 12.0. The smallest absolute Gasteiger partial charge is 0.346 e. The molecule has 4 nitrogen and oxygen atoms in total. The molecule has 1 heterocycles. The molecule has 21 heavy (non-hydrogen) atoms. The number of fused-ring (bicyclic) bond motifs is 1. The highest BCUT2D eigenvalue weighted by atomic mass is 16.6. The summed E-state index contributed by atoms with van der Waals surface area (Å²) in [5.74, 6) is 3.41. The van der Waals surface area contributed by atoms with Crippen molar-refractivity contribution in [1.82, 2.24) is 0 Å². The van der Waals surface area contributed by atoms with E-state index in [2.05, 4.69) is 16.6 Å². The van der Waals surface area contributed by atoms with E-state index in [0.29, 0.717) is 0 Å². The van der Waals surface area contributed by atoms with Crippen LogP contribution in [0, 0.1) is 11.8 Å². The van der Waals surface area contributed by atoms with Crippen LogP contribution in [0.1, 0.15) is 36.6 Å².